The van der Waals surface area contributed by atoms with Crippen molar-refractivity contribution in [2.75, 3.05) is 6.61 Å². The first-order valence-electron chi connectivity index (χ1n) is 4.32. The van der Waals surface area contributed by atoms with E-state index in [1.54, 1.807) is 0 Å². The molecule has 11 heavy (non-hydrogen) atoms. The van der Waals surface area contributed by atoms with Gasteiger partial charge in [0, 0.05) is 6.61 Å². The second-order valence-corrected chi connectivity index (χ2v) is 3.74. The number of hydrogen-bond donors (Lipinski definition) is 1. The van der Waals surface area contributed by atoms with Gasteiger partial charge in [0.15, 0.2) is 0 Å². The minimum Gasteiger partial charge on any atom is -0.396 e. The van der Waals surface area contributed by atoms with Crippen molar-refractivity contribution in [1.29, 1.82) is 0 Å². The lowest BCUT2D eigenvalue weighted by atomic mass is 9.96. The van der Waals surface area contributed by atoms with Gasteiger partial charge in [-0.15, -0.1) is 0 Å². The zero-order valence-corrected chi connectivity index (χ0v) is 8.09. The van der Waals surface area contributed by atoms with Gasteiger partial charge in [0.25, 0.3) is 0 Å². The van der Waals surface area contributed by atoms with E-state index in [2.05, 4.69) is 33.8 Å². The van der Waals surface area contributed by atoms with Crippen LogP contribution in [0.1, 0.15) is 34.1 Å². The van der Waals surface area contributed by atoms with Crippen LogP contribution in [-0.4, -0.2) is 11.7 Å². The van der Waals surface area contributed by atoms with Crippen LogP contribution in [0.5, 0.6) is 0 Å². The average molecular weight is 156 g/mol. The summed E-state index contributed by atoms with van der Waals surface area (Å²) in [5.41, 5.74) is 1.36. The summed E-state index contributed by atoms with van der Waals surface area (Å²) in [6.45, 7) is 8.80. The molecule has 0 saturated heterocycles. The maximum absolute atomic E-state index is 8.80. The summed E-state index contributed by atoms with van der Waals surface area (Å²) in [6, 6.07) is 0. The predicted molar refractivity (Wildman–Crippen MR) is 49.5 cm³/mol. The fourth-order valence-electron chi connectivity index (χ4n) is 1.35. The van der Waals surface area contributed by atoms with E-state index in [1.165, 1.54) is 5.57 Å². The number of allylic oxidation sites excluding steroid dienone is 2. The maximum atomic E-state index is 8.80. The van der Waals surface area contributed by atoms with E-state index in [0.717, 1.165) is 6.42 Å². The van der Waals surface area contributed by atoms with Gasteiger partial charge in [-0.05, 0) is 32.1 Å². The van der Waals surface area contributed by atoms with Gasteiger partial charge in [-0.25, -0.2) is 0 Å². The van der Waals surface area contributed by atoms with Gasteiger partial charge in [0.2, 0.25) is 0 Å². The molecule has 0 heterocycles. The molecule has 0 saturated carbocycles. The van der Waals surface area contributed by atoms with E-state index in [1.807, 2.05) is 0 Å². The topological polar surface area (TPSA) is 20.2 Å². The molecule has 1 N–H and O–H groups in total. The van der Waals surface area contributed by atoms with Gasteiger partial charge in [-0.2, -0.15) is 0 Å². The average Bonchev–Trinajstić information content (AvgIpc) is 1.85. The zero-order valence-electron chi connectivity index (χ0n) is 8.09. The Kier molecular flexibility index (Phi) is 5.22. The van der Waals surface area contributed by atoms with Crippen LogP contribution in [0, 0.1) is 11.8 Å². The van der Waals surface area contributed by atoms with Crippen molar-refractivity contribution in [3.8, 4) is 0 Å². The summed E-state index contributed by atoms with van der Waals surface area (Å²) < 4.78 is 0. The van der Waals surface area contributed by atoms with E-state index >= 15 is 0 Å². The largest absolute Gasteiger partial charge is 0.396 e. The third-order valence-electron chi connectivity index (χ3n) is 1.70. The van der Waals surface area contributed by atoms with Gasteiger partial charge in [0.05, 0.1) is 0 Å². The number of aliphatic hydroxyl groups excluding tert-OH is 1. The van der Waals surface area contributed by atoms with Crippen molar-refractivity contribution in [3.63, 3.8) is 0 Å². The van der Waals surface area contributed by atoms with E-state index in [0.29, 0.717) is 18.4 Å². The molecular weight excluding hydrogens is 136 g/mol. The minimum atomic E-state index is 0.306. The highest BCUT2D eigenvalue weighted by molar-refractivity contribution is 4.96. The Bertz CT molecular complexity index is 123. The summed E-state index contributed by atoms with van der Waals surface area (Å²) in [5, 5.41) is 8.80. The number of aliphatic hydroxyl groups is 1. The monoisotopic (exact) mass is 156 g/mol. The van der Waals surface area contributed by atoms with Crippen LogP contribution in [0.15, 0.2) is 11.6 Å². The molecule has 0 aromatic carbocycles. The van der Waals surface area contributed by atoms with Crippen LogP contribution < -0.4 is 0 Å². The summed E-state index contributed by atoms with van der Waals surface area (Å²) in [4.78, 5) is 0. The van der Waals surface area contributed by atoms with Crippen molar-refractivity contribution in [2.24, 2.45) is 11.8 Å². The van der Waals surface area contributed by atoms with E-state index < -0.39 is 0 Å². The maximum Gasteiger partial charge on any atom is 0.0456 e. The lowest BCUT2D eigenvalue weighted by Gasteiger charge is -2.11. The third kappa shape index (κ3) is 6.11. The Morgan fingerprint density at radius 2 is 1.91 bits per heavy atom. The predicted octanol–water partition coefficient (Wildman–Crippen LogP) is 2.61. The molecule has 0 aliphatic rings. The molecule has 0 radical (unpaired) electrons. The van der Waals surface area contributed by atoms with Crippen molar-refractivity contribution < 1.29 is 5.11 Å². The standard InChI is InChI=1S/C10H20O/c1-8(2)5-9(3)6-10(4)7-11/h5,9-11H,6-7H2,1-4H3/t9-,10-/m1/s1. The molecule has 0 unspecified atom stereocenters. The van der Waals surface area contributed by atoms with Crippen LogP contribution in [0.3, 0.4) is 0 Å². The van der Waals surface area contributed by atoms with Crippen molar-refractivity contribution >= 4 is 0 Å². The number of rotatable bonds is 4. The summed E-state index contributed by atoms with van der Waals surface area (Å²) in [7, 11) is 0. The van der Waals surface area contributed by atoms with Crippen LogP contribution in [-0.2, 0) is 0 Å². The first-order valence-corrected chi connectivity index (χ1v) is 4.32. The van der Waals surface area contributed by atoms with Gasteiger partial charge in [0.1, 0.15) is 0 Å². The first-order chi connectivity index (χ1) is 5.06. The second kappa shape index (κ2) is 5.36. The molecule has 0 bridgehead atoms. The second-order valence-electron chi connectivity index (χ2n) is 3.74. The Balaban J connectivity index is 3.69. The molecule has 0 amide bonds. The molecule has 1 nitrogen and oxygen atoms in total. The van der Waals surface area contributed by atoms with Gasteiger partial charge in [-0.3, -0.25) is 0 Å². The van der Waals surface area contributed by atoms with Crippen molar-refractivity contribution in [3.05, 3.63) is 11.6 Å². The lowest BCUT2D eigenvalue weighted by Crippen LogP contribution is -2.05. The summed E-state index contributed by atoms with van der Waals surface area (Å²) >= 11 is 0. The Morgan fingerprint density at radius 1 is 1.36 bits per heavy atom. The van der Waals surface area contributed by atoms with Gasteiger partial charge < -0.3 is 5.11 Å². The molecule has 0 aliphatic carbocycles. The lowest BCUT2D eigenvalue weighted by molar-refractivity contribution is 0.222. The molecule has 1 heteroatoms. The number of hydrogen-bond acceptors (Lipinski definition) is 1. The molecule has 0 rings (SSSR count). The highest BCUT2D eigenvalue weighted by Crippen LogP contribution is 2.13. The van der Waals surface area contributed by atoms with Crippen LogP contribution in [0.25, 0.3) is 0 Å². The van der Waals surface area contributed by atoms with Crippen LogP contribution in [0.4, 0.5) is 0 Å². The summed E-state index contributed by atoms with van der Waals surface area (Å²) in [5.74, 6) is 1.03. The first kappa shape index (κ1) is 10.7. The normalized spacial score (nSPS) is 15.7. The Hall–Kier alpha value is -0.300. The molecule has 0 aromatic rings. The Labute approximate surface area is 70.1 Å². The van der Waals surface area contributed by atoms with Gasteiger partial charge in [-0.1, -0.05) is 25.5 Å². The minimum absolute atomic E-state index is 0.306. The van der Waals surface area contributed by atoms with Crippen LogP contribution in [0.2, 0.25) is 0 Å². The van der Waals surface area contributed by atoms with E-state index in [4.69, 9.17) is 5.11 Å². The molecule has 66 valence electrons. The SMILES string of the molecule is CC(C)=C[C@@H](C)C[C@@H](C)CO. The Morgan fingerprint density at radius 3 is 2.27 bits per heavy atom. The van der Waals surface area contributed by atoms with Crippen molar-refractivity contribution in [1.82, 2.24) is 0 Å². The summed E-state index contributed by atoms with van der Waals surface area (Å²) in [6.07, 6.45) is 3.34. The van der Waals surface area contributed by atoms with E-state index in [9.17, 15) is 0 Å². The van der Waals surface area contributed by atoms with Crippen molar-refractivity contribution in [2.45, 2.75) is 34.1 Å². The van der Waals surface area contributed by atoms with Gasteiger partial charge >= 0.3 is 0 Å². The quantitative estimate of drug-likeness (QED) is 0.620. The molecule has 0 fully saturated rings. The molecule has 0 spiro atoms. The highest BCUT2D eigenvalue weighted by Gasteiger charge is 2.04. The molecule has 0 aromatic heterocycles. The molecule has 0 aliphatic heterocycles. The zero-order chi connectivity index (χ0) is 8.85. The molecule has 2 atom stereocenters. The van der Waals surface area contributed by atoms with Crippen LogP contribution >= 0.6 is 0 Å². The third-order valence-corrected chi connectivity index (χ3v) is 1.70. The smallest absolute Gasteiger partial charge is 0.0456 e. The highest BCUT2D eigenvalue weighted by atomic mass is 16.3. The fraction of sp³-hybridized carbons (Fsp3) is 0.800. The molecular formula is C10H20O. The van der Waals surface area contributed by atoms with E-state index in [-0.39, 0.29) is 0 Å². The fourth-order valence-corrected chi connectivity index (χ4v) is 1.35.